The molecular weight excluding hydrogens is 288 g/mol. The van der Waals surface area contributed by atoms with Gasteiger partial charge in [0.05, 0.1) is 6.61 Å². The molecule has 1 aromatic rings. The van der Waals surface area contributed by atoms with Crippen LogP contribution in [-0.4, -0.2) is 37.2 Å². The first kappa shape index (κ1) is 17.5. The van der Waals surface area contributed by atoms with E-state index in [1.165, 1.54) is 6.92 Å². The number of carbonyl (C=O) groups excluding carboxylic acids is 3. The zero-order valence-electron chi connectivity index (χ0n) is 12.6. The van der Waals surface area contributed by atoms with Gasteiger partial charge in [-0.2, -0.15) is 0 Å². The van der Waals surface area contributed by atoms with Crippen molar-refractivity contribution in [1.29, 1.82) is 0 Å². The Kier molecular flexibility index (Phi) is 7.45. The fraction of sp³-hybridized carbons (Fsp3) is 0.400. The van der Waals surface area contributed by atoms with E-state index in [0.717, 1.165) is 5.56 Å². The summed E-state index contributed by atoms with van der Waals surface area (Å²) in [6, 6.07) is 8.40. The third kappa shape index (κ3) is 6.74. The van der Waals surface area contributed by atoms with E-state index in [0.29, 0.717) is 0 Å². The van der Waals surface area contributed by atoms with Gasteiger partial charge in [-0.25, -0.2) is 9.59 Å². The highest BCUT2D eigenvalue weighted by Gasteiger charge is 2.16. The van der Waals surface area contributed by atoms with Crippen LogP contribution in [0.1, 0.15) is 19.4 Å². The second kappa shape index (κ2) is 9.38. The molecule has 1 atom stereocenters. The van der Waals surface area contributed by atoms with Crippen molar-refractivity contribution in [3.63, 3.8) is 0 Å². The molecule has 0 aliphatic carbocycles. The maximum absolute atomic E-state index is 11.6. The molecule has 0 bridgehead atoms. The highest BCUT2D eigenvalue weighted by Crippen LogP contribution is 2.00. The highest BCUT2D eigenvalue weighted by molar-refractivity contribution is 5.86. The second-order valence-electron chi connectivity index (χ2n) is 4.46. The van der Waals surface area contributed by atoms with E-state index in [1.54, 1.807) is 6.92 Å². The van der Waals surface area contributed by atoms with Crippen molar-refractivity contribution >= 4 is 18.0 Å². The molecule has 0 saturated heterocycles. The lowest BCUT2D eigenvalue weighted by Gasteiger charge is -2.13. The Labute approximate surface area is 129 Å². The first-order valence-corrected chi connectivity index (χ1v) is 6.93. The van der Waals surface area contributed by atoms with Gasteiger partial charge >= 0.3 is 12.1 Å². The van der Waals surface area contributed by atoms with Gasteiger partial charge in [0.1, 0.15) is 19.2 Å². The van der Waals surface area contributed by atoms with E-state index in [1.807, 2.05) is 30.3 Å². The van der Waals surface area contributed by atoms with Crippen LogP contribution in [0.25, 0.3) is 0 Å². The SMILES string of the molecule is CCOC(=O)[C@H](C)NC(=O)CNC(=O)OCc1ccccc1. The van der Waals surface area contributed by atoms with E-state index >= 15 is 0 Å². The topological polar surface area (TPSA) is 93.7 Å². The first-order chi connectivity index (χ1) is 10.5. The van der Waals surface area contributed by atoms with Crippen LogP contribution in [0, 0.1) is 0 Å². The molecule has 0 fully saturated rings. The van der Waals surface area contributed by atoms with Crippen LogP contribution >= 0.6 is 0 Å². The van der Waals surface area contributed by atoms with Crippen molar-refractivity contribution in [1.82, 2.24) is 10.6 Å². The Morgan fingerprint density at radius 1 is 1.14 bits per heavy atom. The molecule has 7 heteroatoms. The van der Waals surface area contributed by atoms with Crippen LogP contribution in [0.5, 0.6) is 0 Å². The second-order valence-corrected chi connectivity index (χ2v) is 4.46. The van der Waals surface area contributed by atoms with Gasteiger partial charge in [0.2, 0.25) is 5.91 Å². The average Bonchev–Trinajstić information content (AvgIpc) is 2.52. The van der Waals surface area contributed by atoms with Crippen LogP contribution in [0.4, 0.5) is 4.79 Å². The van der Waals surface area contributed by atoms with Crippen LogP contribution in [0.2, 0.25) is 0 Å². The van der Waals surface area contributed by atoms with Gasteiger partial charge in [-0.3, -0.25) is 4.79 Å². The summed E-state index contributed by atoms with van der Waals surface area (Å²) in [5.41, 5.74) is 0.845. The minimum Gasteiger partial charge on any atom is -0.464 e. The maximum Gasteiger partial charge on any atom is 0.407 e. The van der Waals surface area contributed by atoms with Crippen molar-refractivity contribution in [3.8, 4) is 0 Å². The lowest BCUT2D eigenvalue weighted by Crippen LogP contribution is -2.44. The zero-order valence-corrected chi connectivity index (χ0v) is 12.6. The predicted octanol–water partition coefficient (Wildman–Crippen LogP) is 0.981. The summed E-state index contributed by atoms with van der Waals surface area (Å²) in [5, 5.41) is 4.71. The molecule has 0 radical (unpaired) electrons. The summed E-state index contributed by atoms with van der Waals surface area (Å²) in [5.74, 6) is -1.03. The molecule has 22 heavy (non-hydrogen) atoms. The molecule has 1 rings (SSSR count). The van der Waals surface area contributed by atoms with E-state index in [-0.39, 0.29) is 19.8 Å². The van der Waals surface area contributed by atoms with E-state index < -0.39 is 24.0 Å². The minimum atomic E-state index is -0.769. The molecule has 120 valence electrons. The number of alkyl carbamates (subject to hydrolysis) is 1. The Balaban J connectivity index is 2.23. The fourth-order valence-electron chi connectivity index (χ4n) is 1.55. The predicted molar refractivity (Wildman–Crippen MR) is 78.9 cm³/mol. The van der Waals surface area contributed by atoms with E-state index in [2.05, 4.69) is 10.6 Å². The summed E-state index contributed by atoms with van der Waals surface area (Å²) < 4.78 is 9.70. The van der Waals surface area contributed by atoms with Gasteiger partial charge in [0.15, 0.2) is 0 Å². The van der Waals surface area contributed by atoms with Gasteiger partial charge in [0.25, 0.3) is 0 Å². The van der Waals surface area contributed by atoms with Crippen LogP contribution in [0.15, 0.2) is 30.3 Å². The molecule has 7 nitrogen and oxygen atoms in total. The van der Waals surface area contributed by atoms with Gasteiger partial charge in [0, 0.05) is 0 Å². The Morgan fingerprint density at radius 3 is 2.45 bits per heavy atom. The number of amides is 2. The Hall–Kier alpha value is -2.57. The number of hydrogen-bond donors (Lipinski definition) is 2. The lowest BCUT2D eigenvalue weighted by atomic mass is 10.2. The number of rotatable bonds is 7. The molecule has 0 aliphatic rings. The molecule has 1 aromatic carbocycles. The number of ether oxygens (including phenoxy) is 2. The molecule has 2 N–H and O–H groups in total. The summed E-state index contributed by atoms with van der Waals surface area (Å²) in [4.78, 5) is 34.3. The van der Waals surface area contributed by atoms with Crippen molar-refractivity contribution in [2.45, 2.75) is 26.5 Å². The molecule has 0 heterocycles. The van der Waals surface area contributed by atoms with Gasteiger partial charge < -0.3 is 20.1 Å². The van der Waals surface area contributed by atoms with Gasteiger partial charge in [-0.1, -0.05) is 30.3 Å². The first-order valence-electron chi connectivity index (χ1n) is 6.93. The Morgan fingerprint density at radius 2 is 1.82 bits per heavy atom. The average molecular weight is 308 g/mol. The maximum atomic E-state index is 11.6. The highest BCUT2D eigenvalue weighted by atomic mass is 16.5. The molecule has 0 unspecified atom stereocenters. The van der Waals surface area contributed by atoms with Crippen molar-refractivity contribution < 1.29 is 23.9 Å². The normalized spacial score (nSPS) is 11.2. The van der Waals surface area contributed by atoms with Crippen LogP contribution in [0.3, 0.4) is 0 Å². The van der Waals surface area contributed by atoms with E-state index in [9.17, 15) is 14.4 Å². The summed E-state index contributed by atoms with van der Waals surface area (Å²) in [6.07, 6.45) is -0.706. The minimum absolute atomic E-state index is 0.119. The zero-order chi connectivity index (χ0) is 16.4. The molecule has 0 spiro atoms. The van der Waals surface area contributed by atoms with Gasteiger partial charge in [-0.15, -0.1) is 0 Å². The third-order valence-electron chi connectivity index (χ3n) is 2.62. The van der Waals surface area contributed by atoms with Crippen LogP contribution in [-0.2, 0) is 25.7 Å². The largest absolute Gasteiger partial charge is 0.464 e. The third-order valence-corrected chi connectivity index (χ3v) is 2.62. The van der Waals surface area contributed by atoms with Crippen molar-refractivity contribution in [2.24, 2.45) is 0 Å². The van der Waals surface area contributed by atoms with Crippen LogP contribution < -0.4 is 10.6 Å². The van der Waals surface area contributed by atoms with Crippen molar-refractivity contribution in [3.05, 3.63) is 35.9 Å². The fourth-order valence-corrected chi connectivity index (χ4v) is 1.55. The molecule has 0 saturated carbocycles. The number of benzene rings is 1. The van der Waals surface area contributed by atoms with Crippen molar-refractivity contribution in [2.75, 3.05) is 13.2 Å². The monoisotopic (exact) mass is 308 g/mol. The quantitative estimate of drug-likeness (QED) is 0.732. The number of esters is 1. The number of nitrogens with one attached hydrogen (secondary N) is 2. The lowest BCUT2D eigenvalue weighted by molar-refractivity contribution is -0.146. The number of hydrogen-bond acceptors (Lipinski definition) is 5. The summed E-state index contributed by atoms with van der Waals surface area (Å²) >= 11 is 0. The summed E-state index contributed by atoms with van der Waals surface area (Å²) in [7, 11) is 0. The summed E-state index contributed by atoms with van der Waals surface area (Å²) in [6.45, 7) is 3.26. The van der Waals surface area contributed by atoms with E-state index in [4.69, 9.17) is 9.47 Å². The molecular formula is C15H20N2O5. The smallest absolute Gasteiger partial charge is 0.407 e. The molecule has 0 aliphatic heterocycles. The number of carbonyl (C=O) groups is 3. The Bertz CT molecular complexity index is 504. The standard InChI is InChI=1S/C15H20N2O5/c1-3-21-14(19)11(2)17-13(18)9-16-15(20)22-10-12-7-5-4-6-8-12/h4-8,11H,3,9-10H2,1-2H3,(H,16,20)(H,17,18)/t11-/m0/s1. The molecule has 0 aromatic heterocycles. The molecule has 2 amide bonds. The van der Waals surface area contributed by atoms with Gasteiger partial charge in [-0.05, 0) is 19.4 Å².